The van der Waals surface area contributed by atoms with Crippen LogP contribution >= 0.6 is 0 Å². The smallest absolute Gasteiger partial charge is 0.0394 e. The lowest BCUT2D eigenvalue weighted by Crippen LogP contribution is -2.61. The van der Waals surface area contributed by atoms with Crippen molar-refractivity contribution in [3.05, 3.63) is 0 Å². The molecular formula is C13H29N3. The third kappa shape index (κ3) is 2.58. The molecule has 3 heteroatoms. The van der Waals surface area contributed by atoms with Crippen LogP contribution in [0.3, 0.4) is 0 Å². The van der Waals surface area contributed by atoms with Gasteiger partial charge in [-0.1, -0.05) is 40.0 Å². The quantitative estimate of drug-likeness (QED) is 0.518. The summed E-state index contributed by atoms with van der Waals surface area (Å²) in [7, 11) is 0. The highest BCUT2D eigenvalue weighted by Crippen LogP contribution is 2.39. The second kappa shape index (κ2) is 6.58. The first-order chi connectivity index (χ1) is 7.75. The Kier molecular flexibility index (Phi) is 5.73. The number of likely N-dealkylation sites (N-methyl/N-ethyl adjacent to an activating group) is 1. The molecule has 0 aromatic rings. The Hall–Kier alpha value is -0.120. The summed E-state index contributed by atoms with van der Waals surface area (Å²) in [6, 6.07) is 0.458. The molecule has 0 aromatic heterocycles. The van der Waals surface area contributed by atoms with Crippen molar-refractivity contribution >= 4 is 0 Å². The summed E-state index contributed by atoms with van der Waals surface area (Å²) in [6.07, 6.45) is 7.73. The summed E-state index contributed by atoms with van der Waals surface area (Å²) < 4.78 is 0. The van der Waals surface area contributed by atoms with Crippen molar-refractivity contribution in [1.82, 2.24) is 10.3 Å². The molecule has 1 atom stereocenters. The number of rotatable bonds is 7. The number of nitrogens with one attached hydrogen (secondary N) is 1. The average Bonchev–Trinajstić information content (AvgIpc) is 2.78. The third-order valence-electron chi connectivity index (χ3n) is 4.29. The Morgan fingerprint density at radius 1 is 1.19 bits per heavy atom. The molecule has 0 aliphatic heterocycles. The molecule has 1 unspecified atom stereocenters. The van der Waals surface area contributed by atoms with Crippen molar-refractivity contribution in [3.63, 3.8) is 0 Å². The van der Waals surface area contributed by atoms with Gasteiger partial charge >= 0.3 is 0 Å². The largest absolute Gasteiger partial charge is 0.297 e. The van der Waals surface area contributed by atoms with Gasteiger partial charge in [-0.3, -0.25) is 16.2 Å². The van der Waals surface area contributed by atoms with Crippen molar-refractivity contribution < 1.29 is 0 Å². The Bertz CT molecular complexity index is 184. The summed E-state index contributed by atoms with van der Waals surface area (Å²) in [4.78, 5) is 2.63. The summed E-state index contributed by atoms with van der Waals surface area (Å²) >= 11 is 0. The Labute approximate surface area is 101 Å². The van der Waals surface area contributed by atoms with Crippen LogP contribution in [0.25, 0.3) is 0 Å². The predicted molar refractivity (Wildman–Crippen MR) is 70.1 cm³/mol. The second-order valence-corrected chi connectivity index (χ2v) is 4.99. The van der Waals surface area contributed by atoms with E-state index in [0.29, 0.717) is 11.6 Å². The molecular weight excluding hydrogens is 198 g/mol. The minimum absolute atomic E-state index is 0.328. The van der Waals surface area contributed by atoms with Gasteiger partial charge in [0.2, 0.25) is 0 Å². The van der Waals surface area contributed by atoms with Crippen LogP contribution in [0, 0.1) is 0 Å². The molecule has 0 saturated heterocycles. The topological polar surface area (TPSA) is 41.3 Å². The first-order valence-corrected chi connectivity index (χ1v) is 6.96. The van der Waals surface area contributed by atoms with E-state index in [4.69, 9.17) is 5.84 Å². The van der Waals surface area contributed by atoms with Gasteiger partial charge in [-0.05, 0) is 32.4 Å². The van der Waals surface area contributed by atoms with Crippen molar-refractivity contribution in [2.24, 2.45) is 5.84 Å². The van der Waals surface area contributed by atoms with E-state index in [1.807, 2.05) is 0 Å². The Morgan fingerprint density at radius 2 is 1.75 bits per heavy atom. The van der Waals surface area contributed by atoms with E-state index in [2.05, 4.69) is 31.1 Å². The zero-order chi connectivity index (χ0) is 12.0. The zero-order valence-electron chi connectivity index (χ0n) is 11.3. The molecule has 0 aromatic carbocycles. The SMILES string of the molecule is CCCC(NN)C1(N(CC)CC)CCCC1. The van der Waals surface area contributed by atoms with Crippen LogP contribution in [0.2, 0.25) is 0 Å². The van der Waals surface area contributed by atoms with Gasteiger partial charge in [0.05, 0.1) is 0 Å². The molecule has 1 aliphatic carbocycles. The first-order valence-electron chi connectivity index (χ1n) is 6.96. The molecule has 0 radical (unpaired) electrons. The van der Waals surface area contributed by atoms with Gasteiger partial charge in [-0.25, -0.2) is 0 Å². The normalized spacial score (nSPS) is 21.6. The van der Waals surface area contributed by atoms with Crippen molar-refractivity contribution in [2.45, 2.75) is 70.9 Å². The monoisotopic (exact) mass is 227 g/mol. The Balaban J connectivity index is 2.84. The van der Waals surface area contributed by atoms with Gasteiger partial charge in [0, 0.05) is 11.6 Å². The van der Waals surface area contributed by atoms with E-state index in [1.165, 1.54) is 38.5 Å². The van der Waals surface area contributed by atoms with E-state index in [1.54, 1.807) is 0 Å². The third-order valence-corrected chi connectivity index (χ3v) is 4.29. The number of nitrogens with zero attached hydrogens (tertiary/aromatic N) is 1. The molecule has 0 heterocycles. The van der Waals surface area contributed by atoms with Gasteiger partial charge in [0.15, 0.2) is 0 Å². The lowest BCUT2D eigenvalue weighted by Gasteiger charge is -2.46. The van der Waals surface area contributed by atoms with Crippen LogP contribution in [0.5, 0.6) is 0 Å². The van der Waals surface area contributed by atoms with Crippen molar-refractivity contribution in [3.8, 4) is 0 Å². The minimum atomic E-state index is 0.328. The van der Waals surface area contributed by atoms with Crippen LogP contribution in [0.4, 0.5) is 0 Å². The number of hydrogen-bond donors (Lipinski definition) is 2. The molecule has 0 bridgehead atoms. The van der Waals surface area contributed by atoms with Crippen LogP contribution < -0.4 is 11.3 Å². The van der Waals surface area contributed by atoms with Gasteiger partial charge in [0.1, 0.15) is 0 Å². The molecule has 0 amide bonds. The highest BCUT2D eigenvalue weighted by molar-refractivity contribution is 5.02. The highest BCUT2D eigenvalue weighted by atomic mass is 15.3. The van der Waals surface area contributed by atoms with Crippen molar-refractivity contribution in [1.29, 1.82) is 0 Å². The zero-order valence-corrected chi connectivity index (χ0v) is 11.3. The number of nitrogens with two attached hydrogens (primary N) is 1. The summed E-state index contributed by atoms with van der Waals surface area (Å²) in [5.41, 5.74) is 3.42. The van der Waals surface area contributed by atoms with Gasteiger partial charge in [0.25, 0.3) is 0 Å². The fourth-order valence-electron chi connectivity index (χ4n) is 3.52. The summed E-state index contributed by atoms with van der Waals surface area (Å²) in [5, 5.41) is 0. The van der Waals surface area contributed by atoms with Crippen LogP contribution in [-0.2, 0) is 0 Å². The van der Waals surface area contributed by atoms with Crippen LogP contribution in [-0.4, -0.2) is 29.6 Å². The molecule has 16 heavy (non-hydrogen) atoms. The highest BCUT2D eigenvalue weighted by Gasteiger charge is 2.43. The van der Waals surface area contributed by atoms with E-state index in [9.17, 15) is 0 Å². The van der Waals surface area contributed by atoms with E-state index in [0.717, 1.165) is 13.1 Å². The number of hydrazine groups is 1. The summed E-state index contributed by atoms with van der Waals surface area (Å²) in [5.74, 6) is 5.79. The standard InChI is InChI=1S/C13H29N3/c1-4-9-12(15-14)13(10-7-8-11-13)16(5-2)6-3/h12,15H,4-11,14H2,1-3H3. The molecule has 3 N–H and O–H groups in total. The molecule has 96 valence electrons. The molecule has 3 nitrogen and oxygen atoms in total. The van der Waals surface area contributed by atoms with Crippen molar-refractivity contribution in [2.75, 3.05) is 13.1 Å². The predicted octanol–water partition coefficient (Wildman–Crippen LogP) is 2.27. The van der Waals surface area contributed by atoms with E-state index < -0.39 is 0 Å². The maximum absolute atomic E-state index is 5.79. The lowest BCUT2D eigenvalue weighted by molar-refractivity contribution is 0.0593. The maximum Gasteiger partial charge on any atom is 0.0394 e. The fourth-order valence-corrected chi connectivity index (χ4v) is 3.52. The number of hydrogen-bond acceptors (Lipinski definition) is 3. The maximum atomic E-state index is 5.79. The molecule has 1 aliphatic rings. The van der Waals surface area contributed by atoms with Gasteiger partial charge in [-0.15, -0.1) is 0 Å². The summed E-state index contributed by atoms with van der Waals surface area (Å²) in [6.45, 7) is 9.05. The first kappa shape index (κ1) is 13.9. The molecule has 0 spiro atoms. The van der Waals surface area contributed by atoms with E-state index in [-0.39, 0.29) is 0 Å². The molecule has 1 saturated carbocycles. The van der Waals surface area contributed by atoms with Gasteiger partial charge in [-0.2, -0.15) is 0 Å². The molecule has 1 rings (SSSR count). The Morgan fingerprint density at radius 3 is 2.12 bits per heavy atom. The average molecular weight is 227 g/mol. The lowest BCUT2D eigenvalue weighted by atomic mass is 9.83. The van der Waals surface area contributed by atoms with Crippen LogP contribution in [0.15, 0.2) is 0 Å². The van der Waals surface area contributed by atoms with Gasteiger partial charge < -0.3 is 0 Å². The molecule has 1 fully saturated rings. The second-order valence-electron chi connectivity index (χ2n) is 4.99. The van der Waals surface area contributed by atoms with Crippen LogP contribution in [0.1, 0.15) is 59.3 Å². The minimum Gasteiger partial charge on any atom is -0.297 e. The van der Waals surface area contributed by atoms with E-state index >= 15 is 0 Å². The fraction of sp³-hybridized carbons (Fsp3) is 1.00.